The summed E-state index contributed by atoms with van der Waals surface area (Å²) in [6.07, 6.45) is 2.08. The number of cyclic esters (lactones) is 1. The van der Waals surface area contributed by atoms with Crippen molar-refractivity contribution in [1.82, 2.24) is 0 Å². The van der Waals surface area contributed by atoms with Gasteiger partial charge in [-0.25, -0.2) is 9.59 Å². The van der Waals surface area contributed by atoms with Crippen molar-refractivity contribution in [3.8, 4) is 0 Å². The molecule has 1 fully saturated rings. The van der Waals surface area contributed by atoms with E-state index in [1.165, 1.54) is 13.8 Å². The molecule has 0 bridgehead atoms. The van der Waals surface area contributed by atoms with Crippen LogP contribution in [0.2, 0.25) is 0 Å². The van der Waals surface area contributed by atoms with Crippen LogP contribution in [0.5, 0.6) is 0 Å². The molecule has 0 unspecified atom stereocenters. The summed E-state index contributed by atoms with van der Waals surface area (Å²) >= 11 is 0. The van der Waals surface area contributed by atoms with Gasteiger partial charge in [-0.2, -0.15) is 0 Å². The number of hydrogen-bond acceptors (Lipinski definition) is 7. The van der Waals surface area contributed by atoms with Crippen molar-refractivity contribution >= 4 is 17.9 Å². The van der Waals surface area contributed by atoms with Crippen LogP contribution < -0.4 is 0 Å². The highest BCUT2D eigenvalue weighted by Crippen LogP contribution is 2.35. The zero-order chi connectivity index (χ0) is 21.4. The van der Waals surface area contributed by atoms with Gasteiger partial charge in [0.25, 0.3) is 0 Å². The van der Waals surface area contributed by atoms with Gasteiger partial charge in [-0.1, -0.05) is 24.8 Å². The van der Waals surface area contributed by atoms with E-state index in [0.29, 0.717) is 5.57 Å². The van der Waals surface area contributed by atoms with E-state index < -0.39 is 36.0 Å². The summed E-state index contributed by atoms with van der Waals surface area (Å²) in [6, 6.07) is 0. The number of hydrogen-bond donors (Lipinski definition) is 1. The van der Waals surface area contributed by atoms with Crippen molar-refractivity contribution < 1.29 is 33.7 Å². The van der Waals surface area contributed by atoms with E-state index in [1.54, 1.807) is 26.0 Å². The number of aliphatic hydroxyl groups is 1. The Morgan fingerprint density at radius 3 is 2.43 bits per heavy atom. The van der Waals surface area contributed by atoms with Gasteiger partial charge in [0, 0.05) is 24.5 Å². The van der Waals surface area contributed by atoms with Crippen LogP contribution in [0.15, 0.2) is 47.6 Å². The fourth-order valence-electron chi connectivity index (χ4n) is 2.76. The monoisotopic (exact) mass is 392 g/mol. The Labute approximate surface area is 165 Å². The van der Waals surface area contributed by atoms with Crippen LogP contribution in [0.3, 0.4) is 0 Å². The quantitative estimate of drug-likeness (QED) is 0.278. The molecule has 0 aromatic rings. The number of esters is 3. The zero-order valence-electron chi connectivity index (χ0n) is 16.8. The fraction of sp³-hybridized carbons (Fsp3) is 0.476. The maximum Gasteiger partial charge on any atom is 0.334 e. The molecule has 3 atom stereocenters. The summed E-state index contributed by atoms with van der Waals surface area (Å²) < 4.78 is 15.9. The lowest BCUT2D eigenvalue weighted by molar-refractivity contribution is -0.147. The van der Waals surface area contributed by atoms with Crippen LogP contribution in [0, 0.1) is 5.92 Å². The van der Waals surface area contributed by atoms with Crippen LogP contribution >= 0.6 is 0 Å². The molecule has 0 aromatic carbocycles. The molecule has 0 saturated carbocycles. The van der Waals surface area contributed by atoms with Gasteiger partial charge in [-0.3, -0.25) is 4.79 Å². The average Bonchev–Trinajstić information content (AvgIpc) is 2.86. The highest BCUT2D eigenvalue weighted by molar-refractivity contribution is 5.91. The highest BCUT2D eigenvalue weighted by Gasteiger charge is 2.44. The Hall–Kier alpha value is -2.67. The Bertz CT molecular complexity index is 714. The molecule has 7 heteroatoms. The highest BCUT2D eigenvalue weighted by atomic mass is 16.6. The summed E-state index contributed by atoms with van der Waals surface area (Å²) in [5.41, 5.74) is 1.88. The first kappa shape index (κ1) is 23.4. The molecule has 1 aliphatic rings. The summed E-state index contributed by atoms with van der Waals surface area (Å²) in [4.78, 5) is 35.2. The van der Waals surface area contributed by atoms with Crippen molar-refractivity contribution in [2.24, 2.45) is 5.92 Å². The topological polar surface area (TPSA) is 99.1 Å². The molecule has 0 aliphatic carbocycles. The number of carbonyl (C=O) groups is 3. The molecule has 1 aliphatic heterocycles. The first-order valence-electron chi connectivity index (χ1n) is 8.90. The third-order valence-corrected chi connectivity index (χ3v) is 4.18. The molecule has 154 valence electrons. The maximum absolute atomic E-state index is 12.1. The van der Waals surface area contributed by atoms with E-state index in [9.17, 15) is 14.4 Å². The standard InChI is InChI=1S/C21H28O7/c1-12(2)20(24)27-17(9-13(3)7-8-22)19-15(5)21(25)28-18(19)10-14(4)11-26-16(6)23/h7,10,17-19,22H,1,5,8-9,11H2,2-4,6H3/b13-7+,14-10+/t17-,18-,19-/m1/s1. The Balaban J connectivity index is 3.17. The summed E-state index contributed by atoms with van der Waals surface area (Å²) in [6.45, 7) is 13.6. The minimum Gasteiger partial charge on any atom is -0.461 e. The summed E-state index contributed by atoms with van der Waals surface area (Å²) in [5, 5.41) is 9.11. The SMILES string of the molecule is C=C(C)C(=O)O[C@H](C/C(C)=C/CO)[C@H]1C(=C)C(=O)O[C@@H]1/C=C(\C)COC(C)=O. The number of aliphatic hydroxyl groups excluding tert-OH is 1. The molecule has 28 heavy (non-hydrogen) atoms. The van der Waals surface area contributed by atoms with E-state index in [4.69, 9.17) is 19.3 Å². The second kappa shape index (κ2) is 10.6. The van der Waals surface area contributed by atoms with Gasteiger partial charge < -0.3 is 19.3 Å². The fourth-order valence-corrected chi connectivity index (χ4v) is 2.76. The molecule has 0 amide bonds. The van der Waals surface area contributed by atoms with E-state index in [2.05, 4.69) is 13.2 Å². The maximum atomic E-state index is 12.1. The molecule has 1 saturated heterocycles. The second-order valence-corrected chi connectivity index (χ2v) is 6.88. The Morgan fingerprint density at radius 1 is 1.25 bits per heavy atom. The lowest BCUT2D eigenvalue weighted by Gasteiger charge is -2.26. The molecule has 0 aromatic heterocycles. The van der Waals surface area contributed by atoms with Gasteiger partial charge in [0.15, 0.2) is 0 Å². The van der Waals surface area contributed by atoms with Crippen molar-refractivity contribution in [2.75, 3.05) is 13.2 Å². The van der Waals surface area contributed by atoms with Crippen molar-refractivity contribution in [3.63, 3.8) is 0 Å². The predicted octanol–water partition coefficient (Wildman–Crippen LogP) is 2.41. The molecule has 7 nitrogen and oxygen atoms in total. The van der Waals surface area contributed by atoms with Crippen LogP contribution in [-0.4, -0.2) is 48.4 Å². The van der Waals surface area contributed by atoms with Gasteiger partial charge in [0.1, 0.15) is 18.8 Å². The van der Waals surface area contributed by atoms with Gasteiger partial charge in [0.05, 0.1) is 12.5 Å². The van der Waals surface area contributed by atoms with Crippen LogP contribution in [-0.2, 0) is 28.6 Å². The molecule has 0 radical (unpaired) electrons. The molecular formula is C21H28O7. The number of carbonyl (C=O) groups excluding carboxylic acids is 3. The first-order valence-corrected chi connectivity index (χ1v) is 8.90. The Kier molecular flexibility index (Phi) is 8.85. The second-order valence-electron chi connectivity index (χ2n) is 6.88. The van der Waals surface area contributed by atoms with Gasteiger partial charge in [-0.15, -0.1) is 0 Å². The van der Waals surface area contributed by atoms with E-state index in [1.807, 2.05) is 0 Å². The summed E-state index contributed by atoms with van der Waals surface area (Å²) in [7, 11) is 0. The van der Waals surface area contributed by atoms with E-state index >= 15 is 0 Å². The van der Waals surface area contributed by atoms with E-state index in [-0.39, 0.29) is 30.8 Å². The molecule has 1 N–H and O–H groups in total. The lowest BCUT2D eigenvalue weighted by atomic mass is 9.86. The number of ether oxygens (including phenoxy) is 3. The molecular weight excluding hydrogens is 364 g/mol. The number of rotatable bonds is 9. The zero-order valence-corrected chi connectivity index (χ0v) is 16.8. The van der Waals surface area contributed by atoms with E-state index in [0.717, 1.165) is 5.57 Å². The average molecular weight is 392 g/mol. The molecule has 1 heterocycles. The minimum absolute atomic E-state index is 0.0578. The van der Waals surface area contributed by atoms with Gasteiger partial charge >= 0.3 is 17.9 Å². The lowest BCUT2D eigenvalue weighted by Crippen LogP contribution is -2.33. The molecule has 0 spiro atoms. The predicted molar refractivity (Wildman–Crippen MR) is 103 cm³/mol. The van der Waals surface area contributed by atoms with Crippen LogP contribution in [0.1, 0.15) is 34.1 Å². The van der Waals surface area contributed by atoms with Gasteiger partial charge in [-0.05, 0) is 32.4 Å². The summed E-state index contributed by atoms with van der Waals surface area (Å²) in [5.74, 6) is -2.21. The van der Waals surface area contributed by atoms with Gasteiger partial charge in [0.2, 0.25) is 0 Å². The van der Waals surface area contributed by atoms with Crippen molar-refractivity contribution in [3.05, 3.63) is 47.6 Å². The van der Waals surface area contributed by atoms with Crippen LogP contribution in [0.25, 0.3) is 0 Å². The Morgan fingerprint density at radius 2 is 1.89 bits per heavy atom. The van der Waals surface area contributed by atoms with Crippen LogP contribution in [0.4, 0.5) is 0 Å². The third kappa shape index (κ3) is 6.81. The third-order valence-electron chi connectivity index (χ3n) is 4.18. The smallest absolute Gasteiger partial charge is 0.334 e. The normalized spacial score (nSPS) is 21.2. The largest absolute Gasteiger partial charge is 0.461 e. The van der Waals surface area contributed by atoms with Crippen molar-refractivity contribution in [1.29, 1.82) is 0 Å². The first-order chi connectivity index (χ1) is 13.1. The van der Waals surface area contributed by atoms with Crippen molar-refractivity contribution in [2.45, 2.75) is 46.3 Å². The molecule has 1 rings (SSSR count). The minimum atomic E-state index is -0.742.